The Hall–Kier alpha value is -9.38. The molecule has 0 N–H and O–H groups in total. The highest BCUT2D eigenvalue weighted by Crippen LogP contribution is 2.54. The van der Waals surface area contributed by atoms with Gasteiger partial charge in [0.05, 0.1) is 55.8 Å². The normalized spacial score (nSPS) is 14.7. The quantitative estimate of drug-likeness (QED) is 0.121. The summed E-state index contributed by atoms with van der Waals surface area (Å²) >= 11 is 0. The van der Waals surface area contributed by atoms with Crippen LogP contribution in [0.25, 0.3) is 98.4 Å². The molecule has 2 saturated carbocycles. The first-order valence-corrected chi connectivity index (χ1v) is 32.9. The molecule has 88 heavy (non-hydrogen) atoms. The van der Waals surface area contributed by atoms with Gasteiger partial charge in [-0.3, -0.25) is 0 Å². The fourth-order valence-electron chi connectivity index (χ4n) is 16.2. The zero-order valence-corrected chi connectivity index (χ0v) is 51.1. The third-order valence-corrected chi connectivity index (χ3v) is 20.7. The van der Waals surface area contributed by atoms with Crippen LogP contribution in [-0.2, 0) is 0 Å². The van der Waals surface area contributed by atoms with Crippen LogP contribution < -0.4 is 9.80 Å². The zero-order chi connectivity index (χ0) is 58.7. The van der Waals surface area contributed by atoms with E-state index in [1.54, 1.807) is 0 Å². The van der Waals surface area contributed by atoms with Crippen molar-refractivity contribution in [3.63, 3.8) is 0 Å². The third kappa shape index (κ3) is 8.38. The lowest BCUT2D eigenvalue weighted by atomic mass is 9.83. The molecule has 0 unspecified atom stereocenters. The highest BCUT2D eigenvalue weighted by atomic mass is 15.2. The molecule has 17 rings (SSSR count). The molecule has 2 aliphatic carbocycles. The van der Waals surface area contributed by atoms with Crippen molar-refractivity contribution in [3.05, 3.63) is 253 Å². The van der Waals surface area contributed by atoms with E-state index in [9.17, 15) is 0 Å². The Balaban J connectivity index is 0.919. The number of rotatable bonds is 12. The van der Waals surface area contributed by atoms with E-state index in [-0.39, 0.29) is 0 Å². The summed E-state index contributed by atoms with van der Waals surface area (Å²) < 4.78 is 5.22. The van der Waals surface area contributed by atoms with E-state index in [0.717, 1.165) is 0 Å². The largest absolute Gasteiger partial charge is 0.309 e. The van der Waals surface area contributed by atoms with Gasteiger partial charge in [-0.15, -0.1) is 0 Å². The summed E-state index contributed by atoms with van der Waals surface area (Å²) in [6.45, 7) is 9.19. The second-order valence-electron chi connectivity index (χ2n) is 26.4. The Morgan fingerprint density at radius 1 is 0.318 bits per heavy atom. The first kappa shape index (κ1) is 52.9. The van der Waals surface area contributed by atoms with Crippen molar-refractivity contribution in [2.75, 3.05) is 9.80 Å². The number of aromatic nitrogens is 2. The molecule has 0 amide bonds. The lowest BCUT2D eigenvalue weighted by Gasteiger charge is -2.31. The molecular weight excluding hydrogens is 1060 g/mol. The summed E-state index contributed by atoms with van der Waals surface area (Å²) in [5.74, 6) is 1.96. The maximum absolute atomic E-state index is 2.62. The Labute approximate surface area is 516 Å². The van der Waals surface area contributed by atoms with E-state index in [1.165, 1.54) is 219 Å². The van der Waals surface area contributed by atoms with Gasteiger partial charge in [0.25, 0.3) is 0 Å². The molecule has 0 bridgehead atoms. The molecule has 4 heterocycles. The number of hydrogen-bond donors (Lipinski definition) is 0. The van der Waals surface area contributed by atoms with Crippen LogP contribution in [0.4, 0.5) is 34.1 Å². The minimum atomic E-state index is 0.425. The molecule has 0 saturated heterocycles. The summed E-state index contributed by atoms with van der Waals surface area (Å²) in [6.07, 6.45) is 12.8. The van der Waals surface area contributed by atoms with Gasteiger partial charge in [-0.1, -0.05) is 224 Å². The van der Waals surface area contributed by atoms with Gasteiger partial charge in [0.15, 0.2) is 0 Å². The lowest BCUT2D eigenvalue weighted by molar-refractivity contribution is 0.443. The molecule has 2 aliphatic rings. The fraction of sp³-hybridized carbons (Fsp3) is 0.214. The number of fused-ring (bicyclic) bond motifs is 12. The van der Waals surface area contributed by atoms with Crippen LogP contribution >= 0.6 is 0 Å². The van der Waals surface area contributed by atoms with Crippen molar-refractivity contribution in [2.45, 2.75) is 116 Å². The summed E-state index contributed by atoms with van der Waals surface area (Å²) in [5.41, 5.74) is 25.2. The minimum Gasteiger partial charge on any atom is -0.309 e. The van der Waals surface area contributed by atoms with E-state index < -0.39 is 0 Å². The molecule has 2 fully saturated rings. The van der Waals surface area contributed by atoms with Crippen LogP contribution in [0.3, 0.4) is 0 Å². The van der Waals surface area contributed by atoms with Crippen molar-refractivity contribution in [2.24, 2.45) is 0 Å². The maximum Gasteiger partial charge on any atom is 0.0641 e. The predicted molar refractivity (Wildman–Crippen MR) is 376 cm³/mol. The molecule has 4 aromatic heterocycles. The van der Waals surface area contributed by atoms with Crippen molar-refractivity contribution < 1.29 is 0 Å². The zero-order valence-electron chi connectivity index (χ0n) is 51.1. The Morgan fingerprint density at radius 2 is 0.705 bits per heavy atom. The van der Waals surface area contributed by atoms with Crippen LogP contribution in [-0.4, -0.2) is 8.80 Å². The number of anilines is 6. The van der Waals surface area contributed by atoms with Crippen LogP contribution in [0.2, 0.25) is 0 Å². The molecule has 0 spiro atoms. The van der Waals surface area contributed by atoms with Crippen LogP contribution in [0, 0.1) is 0 Å². The van der Waals surface area contributed by atoms with Crippen molar-refractivity contribution in [1.29, 1.82) is 0 Å². The standard InChI is InChI=1S/C84H74N4/c1-53(2)55-33-39-63(40-34-55)85(77-49-61(57-21-9-5-10-22-57)37-43-65(77)59-25-13-7-14-26-59)75-47-45-67-71-51-80-72(52-79(71)87-73-31-19-17-29-69(73)81(75)83(67)87)68-46-48-76(82-70-30-18-20-32-74(70)88(80)84(68)82)86(64-41-35-56(36-42-64)54(3)4)78-50-62(58-23-11-6-12-24-58)38-44-66(78)60-27-15-8-16-28-60/h7-8,13-20,25-54,57-58H,5-6,9-12,21-24H2,1-4H3. The summed E-state index contributed by atoms with van der Waals surface area (Å²) in [6, 6.07) is 89.2. The molecule has 0 atom stereocenters. The number of nitrogens with zero attached hydrogens (tertiary/aromatic N) is 4. The van der Waals surface area contributed by atoms with Gasteiger partial charge in [-0.2, -0.15) is 0 Å². The molecule has 4 heteroatoms. The number of para-hydroxylation sites is 2. The second kappa shape index (κ2) is 21.2. The number of hydrogen-bond acceptors (Lipinski definition) is 2. The monoisotopic (exact) mass is 1140 g/mol. The average Bonchev–Trinajstić information content (AvgIpc) is 1.61. The smallest absolute Gasteiger partial charge is 0.0641 e. The molecule has 4 nitrogen and oxygen atoms in total. The van der Waals surface area contributed by atoms with E-state index in [1.807, 2.05) is 0 Å². The van der Waals surface area contributed by atoms with Gasteiger partial charge in [-0.25, -0.2) is 0 Å². The van der Waals surface area contributed by atoms with Crippen molar-refractivity contribution >= 4 is 110 Å². The molecule has 0 aliphatic heterocycles. The Morgan fingerprint density at radius 3 is 1.10 bits per heavy atom. The minimum absolute atomic E-state index is 0.425. The van der Waals surface area contributed by atoms with Gasteiger partial charge < -0.3 is 18.6 Å². The summed E-state index contributed by atoms with van der Waals surface area (Å²) in [5, 5.41) is 10.2. The molecular formula is C84H74N4. The van der Waals surface area contributed by atoms with E-state index in [4.69, 9.17) is 0 Å². The van der Waals surface area contributed by atoms with E-state index in [2.05, 4.69) is 277 Å². The molecule has 11 aromatic carbocycles. The van der Waals surface area contributed by atoms with E-state index in [0.29, 0.717) is 23.7 Å². The van der Waals surface area contributed by atoms with Crippen LogP contribution in [0.1, 0.15) is 138 Å². The molecule has 0 radical (unpaired) electrons. The Bertz CT molecular complexity index is 4770. The Kier molecular flexibility index (Phi) is 12.7. The average molecular weight is 1140 g/mol. The second-order valence-corrected chi connectivity index (χ2v) is 26.4. The first-order chi connectivity index (χ1) is 43.3. The van der Waals surface area contributed by atoms with Crippen molar-refractivity contribution in [1.82, 2.24) is 8.80 Å². The molecule has 15 aromatic rings. The highest BCUT2D eigenvalue weighted by molar-refractivity contribution is 6.32. The SMILES string of the molecule is CC(C)c1ccc(N(c2cc(C3CCCCC3)ccc2-c2ccccc2)c2ccc3c4cc5c(cc4n4c6ccccc6c2c34)c2ccc(N(c3ccc(C(C)C)cc3)c3cc(C4CCCCC4)ccc3-c3ccccc3)c3c4ccccc4n5c23)cc1. The van der Waals surface area contributed by atoms with Gasteiger partial charge in [0, 0.05) is 65.6 Å². The van der Waals surface area contributed by atoms with Crippen LogP contribution in [0.5, 0.6) is 0 Å². The fourth-order valence-corrected chi connectivity index (χ4v) is 16.2. The summed E-state index contributed by atoms with van der Waals surface area (Å²) in [4.78, 5) is 5.23. The van der Waals surface area contributed by atoms with Crippen LogP contribution in [0.15, 0.2) is 231 Å². The lowest BCUT2D eigenvalue weighted by Crippen LogP contribution is -2.13. The molecule has 430 valence electrons. The van der Waals surface area contributed by atoms with Gasteiger partial charge in [0.2, 0.25) is 0 Å². The first-order valence-electron chi connectivity index (χ1n) is 32.9. The third-order valence-electron chi connectivity index (χ3n) is 20.7. The number of benzene rings is 11. The highest BCUT2D eigenvalue weighted by Gasteiger charge is 2.31. The topological polar surface area (TPSA) is 15.3 Å². The van der Waals surface area contributed by atoms with Gasteiger partial charge in [0.1, 0.15) is 0 Å². The maximum atomic E-state index is 2.62. The predicted octanol–water partition coefficient (Wildman–Crippen LogP) is 24.6. The van der Waals surface area contributed by atoms with Crippen molar-refractivity contribution in [3.8, 4) is 22.3 Å². The summed E-state index contributed by atoms with van der Waals surface area (Å²) in [7, 11) is 0. The van der Waals surface area contributed by atoms with E-state index >= 15 is 0 Å². The van der Waals surface area contributed by atoms with Gasteiger partial charge >= 0.3 is 0 Å². The van der Waals surface area contributed by atoms with Gasteiger partial charge in [-0.05, 0) is 156 Å².